The molecule has 0 fully saturated rings. The second-order valence-electron chi connectivity index (χ2n) is 14.2. The summed E-state index contributed by atoms with van der Waals surface area (Å²) < 4.78 is 31.6. The minimum Gasteiger partial charge on any atom is -0.463 e. The van der Waals surface area contributed by atoms with Gasteiger partial charge in [-0.1, -0.05) is 182 Å². The summed E-state index contributed by atoms with van der Waals surface area (Å²) >= 11 is 0. The molecule has 0 aromatic rings. The van der Waals surface area contributed by atoms with E-state index in [2.05, 4.69) is 38.2 Å². The first-order chi connectivity index (χ1) is 27.7. The van der Waals surface area contributed by atoms with Gasteiger partial charge in [-0.3, -0.25) is 18.6 Å². The lowest BCUT2D eigenvalue weighted by Gasteiger charge is -2.17. The number of phosphoric acid groups is 1. The summed E-state index contributed by atoms with van der Waals surface area (Å²) in [6.07, 6.45) is 48.9. The van der Waals surface area contributed by atoms with Crippen molar-refractivity contribution in [3.05, 3.63) is 85.1 Å². The van der Waals surface area contributed by atoms with Gasteiger partial charge in [-0.05, 0) is 44.9 Å². The SMILES string of the molecule is CCCCCCCC/C=C\CCCCCCCC(=O)OC[C@@H](O)COP(=O)(O)OC[C@H](O)COC(=O)C/C=C/C=C/C=C/C=C/C=C/C=C/CCCCCCCC. The highest BCUT2D eigenvalue weighted by molar-refractivity contribution is 7.47. The predicted molar refractivity (Wildman–Crippen MR) is 233 cm³/mol. The molecule has 0 aromatic heterocycles. The molecule has 1 unspecified atom stereocenters. The van der Waals surface area contributed by atoms with Crippen molar-refractivity contribution in [2.75, 3.05) is 26.4 Å². The van der Waals surface area contributed by atoms with Gasteiger partial charge in [0.2, 0.25) is 0 Å². The van der Waals surface area contributed by atoms with Crippen LogP contribution in [-0.4, -0.2) is 65.7 Å². The van der Waals surface area contributed by atoms with Gasteiger partial charge in [0.25, 0.3) is 0 Å². The fraction of sp³-hybridized carbons (Fsp3) is 0.652. The first-order valence-corrected chi connectivity index (χ1v) is 23.1. The summed E-state index contributed by atoms with van der Waals surface area (Å²) in [6, 6.07) is 0. The number of hydrogen-bond donors (Lipinski definition) is 3. The van der Waals surface area contributed by atoms with E-state index >= 15 is 0 Å². The average molecular weight is 821 g/mol. The Morgan fingerprint density at radius 2 is 0.842 bits per heavy atom. The zero-order valence-electron chi connectivity index (χ0n) is 35.3. The number of rotatable bonds is 39. The van der Waals surface area contributed by atoms with Crippen LogP contribution in [0.1, 0.15) is 155 Å². The van der Waals surface area contributed by atoms with Crippen LogP contribution in [0.4, 0.5) is 0 Å². The van der Waals surface area contributed by atoms with Gasteiger partial charge in [-0.15, -0.1) is 0 Å². The summed E-state index contributed by atoms with van der Waals surface area (Å²) in [5.41, 5.74) is 0. The molecular formula is C46H77O10P. The lowest BCUT2D eigenvalue weighted by atomic mass is 10.1. The number of carbonyl (C=O) groups excluding carboxylic acids is 2. The first kappa shape index (κ1) is 54.2. The minimum atomic E-state index is -4.63. The van der Waals surface area contributed by atoms with Crippen molar-refractivity contribution in [2.45, 2.75) is 167 Å². The largest absolute Gasteiger partial charge is 0.472 e. The van der Waals surface area contributed by atoms with Crippen molar-refractivity contribution in [1.82, 2.24) is 0 Å². The van der Waals surface area contributed by atoms with Crippen molar-refractivity contribution in [3.63, 3.8) is 0 Å². The van der Waals surface area contributed by atoms with E-state index in [-0.39, 0.29) is 12.8 Å². The van der Waals surface area contributed by atoms with Gasteiger partial charge >= 0.3 is 19.8 Å². The Balaban J connectivity index is 3.90. The maximum absolute atomic E-state index is 12.1. The molecule has 3 N–H and O–H groups in total. The highest BCUT2D eigenvalue weighted by Gasteiger charge is 2.25. The van der Waals surface area contributed by atoms with Gasteiger partial charge in [0.05, 0.1) is 19.6 Å². The average Bonchev–Trinajstić information content (AvgIpc) is 3.20. The number of ether oxygens (including phenoxy) is 2. The van der Waals surface area contributed by atoms with E-state index in [4.69, 9.17) is 18.5 Å². The Bertz CT molecular complexity index is 1220. The van der Waals surface area contributed by atoms with Crippen LogP contribution < -0.4 is 0 Å². The van der Waals surface area contributed by atoms with Gasteiger partial charge in [0, 0.05) is 6.42 Å². The molecule has 3 atom stereocenters. The number of aliphatic hydroxyl groups is 2. The Morgan fingerprint density at radius 1 is 0.474 bits per heavy atom. The zero-order chi connectivity index (χ0) is 41.9. The van der Waals surface area contributed by atoms with Crippen LogP contribution in [0.2, 0.25) is 0 Å². The highest BCUT2D eigenvalue weighted by Crippen LogP contribution is 2.43. The number of unbranched alkanes of at least 4 members (excludes halogenated alkanes) is 17. The number of phosphoric ester groups is 1. The topological polar surface area (TPSA) is 149 Å². The van der Waals surface area contributed by atoms with E-state index in [9.17, 15) is 29.3 Å². The van der Waals surface area contributed by atoms with Crippen LogP contribution >= 0.6 is 7.82 Å². The molecule has 0 amide bonds. The summed E-state index contributed by atoms with van der Waals surface area (Å²) in [6.45, 7) is 2.36. The number of aliphatic hydroxyl groups excluding tert-OH is 2. The van der Waals surface area contributed by atoms with Crippen LogP contribution in [0.3, 0.4) is 0 Å². The molecule has 0 aromatic carbocycles. The normalized spacial score (nSPS) is 14.7. The summed E-state index contributed by atoms with van der Waals surface area (Å²) in [5.74, 6) is -1.05. The van der Waals surface area contributed by atoms with Crippen molar-refractivity contribution in [2.24, 2.45) is 0 Å². The van der Waals surface area contributed by atoms with E-state index in [1.54, 1.807) is 18.2 Å². The van der Waals surface area contributed by atoms with Crippen molar-refractivity contribution in [3.8, 4) is 0 Å². The van der Waals surface area contributed by atoms with Crippen molar-refractivity contribution in [1.29, 1.82) is 0 Å². The smallest absolute Gasteiger partial charge is 0.463 e. The molecule has 0 aliphatic carbocycles. The van der Waals surface area contributed by atoms with E-state index in [0.717, 1.165) is 38.5 Å². The molecule has 0 rings (SSSR count). The molecule has 0 bridgehead atoms. The fourth-order valence-corrected chi connectivity index (χ4v) is 6.11. The fourth-order valence-electron chi connectivity index (χ4n) is 5.32. The molecule has 0 saturated heterocycles. The second-order valence-corrected chi connectivity index (χ2v) is 15.7. The van der Waals surface area contributed by atoms with Gasteiger partial charge in [0.1, 0.15) is 25.4 Å². The first-order valence-electron chi connectivity index (χ1n) is 21.6. The van der Waals surface area contributed by atoms with Gasteiger partial charge < -0.3 is 24.6 Å². The highest BCUT2D eigenvalue weighted by atomic mass is 31.2. The molecular weight excluding hydrogens is 743 g/mol. The Labute approximate surface area is 345 Å². The molecule has 0 aliphatic heterocycles. The lowest BCUT2D eigenvalue weighted by molar-refractivity contribution is -0.147. The zero-order valence-corrected chi connectivity index (χ0v) is 36.2. The standard InChI is InChI=1S/C46H77O10P/c1-3-5-7-9-11-13-15-17-19-20-21-22-24-26-28-30-32-34-36-38-46(50)54-40-44(48)42-56-57(51,52)55-41-43(47)39-53-45(49)37-35-33-31-29-27-25-23-18-16-14-12-10-8-6-4-2/h17-24,26,28,30,32,34,36,43-44,47-48H,3-16,25,27,29,31,33,35,37-42H2,1-2H3,(H,51,52)/b19-17+,21-20+,23-18-,24-22+,28-26+,32-30+,36-34+/t43-,44-/m1/s1. The molecule has 0 aliphatic rings. The van der Waals surface area contributed by atoms with Crippen molar-refractivity contribution < 1.29 is 47.8 Å². The Morgan fingerprint density at radius 3 is 1.32 bits per heavy atom. The van der Waals surface area contributed by atoms with Crippen LogP contribution in [0, 0.1) is 0 Å². The molecule has 0 heterocycles. The summed E-state index contributed by atoms with van der Waals surface area (Å²) in [5, 5.41) is 20.0. The molecule has 326 valence electrons. The number of hydrogen-bond acceptors (Lipinski definition) is 9. The van der Waals surface area contributed by atoms with Crippen LogP contribution in [0.15, 0.2) is 85.1 Å². The maximum atomic E-state index is 12.1. The predicted octanol–water partition coefficient (Wildman–Crippen LogP) is 11.4. The quantitative estimate of drug-likeness (QED) is 0.0180. The third-order valence-corrected chi connectivity index (χ3v) is 9.61. The van der Waals surface area contributed by atoms with Gasteiger partial charge in [-0.2, -0.15) is 0 Å². The van der Waals surface area contributed by atoms with Crippen LogP contribution in [0.25, 0.3) is 0 Å². The van der Waals surface area contributed by atoms with Crippen molar-refractivity contribution >= 4 is 19.8 Å². The number of carbonyl (C=O) groups is 2. The van der Waals surface area contributed by atoms with Gasteiger partial charge in [0.15, 0.2) is 0 Å². The minimum absolute atomic E-state index is 0.0275. The van der Waals surface area contributed by atoms with Crippen LogP contribution in [-0.2, 0) is 32.7 Å². The Hall–Kier alpha value is -2.85. The van der Waals surface area contributed by atoms with E-state index in [1.807, 2.05) is 42.5 Å². The molecule has 10 nitrogen and oxygen atoms in total. The third kappa shape index (κ3) is 42.6. The number of allylic oxidation sites excluding steroid dienone is 13. The molecule has 0 spiro atoms. The van der Waals surface area contributed by atoms with Gasteiger partial charge in [-0.25, -0.2) is 4.57 Å². The monoisotopic (exact) mass is 821 g/mol. The van der Waals surface area contributed by atoms with E-state index < -0.39 is 58.4 Å². The maximum Gasteiger partial charge on any atom is 0.472 e. The summed E-state index contributed by atoms with van der Waals surface area (Å²) in [4.78, 5) is 33.7. The molecule has 0 saturated carbocycles. The molecule has 57 heavy (non-hydrogen) atoms. The lowest BCUT2D eigenvalue weighted by Crippen LogP contribution is -2.25. The summed E-state index contributed by atoms with van der Waals surface area (Å²) in [7, 11) is -4.63. The second kappa shape index (κ2) is 41.3. The molecule has 0 radical (unpaired) electrons. The van der Waals surface area contributed by atoms with E-state index in [1.165, 1.54) is 83.5 Å². The molecule has 11 heteroatoms. The van der Waals surface area contributed by atoms with E-state index in [0.29, 0.717) is 6.42 Å². The Kier molecular flexibility index (Phi) is 39.2. The van der Waals surface area contributed by atoms with Crippen LogP contribution in [0.5, 0.6) is 0 Å². The third-order valence-electron chi connectivity index (χ3n) is 8.66. The number of esters is 2.